The molecule has 19 heavy (non-hydrogen) atoms. The van der Waals surface area contributed by atoms with Gasteiger partial charge in [0.05, 0.1) is 12.7 Å². The minimum absolute atomic E-state index is 0.0528. The molecular formula is C14H22N4O. The Labute approximate surface area is 114 Å². The molecule has 1 saturated heterocycles. The van der Waals surface area contributed by atoms with Gasteiger partial charge in [-0.05, 0) is 24.7 Å². The molecule has 0 saturated carbocycles. The second-order valence-electron chi connectivity index (χ2n) is 5.03. The van der Waals surface area contributed by atoms with Gasteiger partial charge in [0.1, 0.15) is 11.6 Å². The van der Waals surface area contributed by atoms with Crippen molar-refractivity contribution in [2.24, 2.45) is 5.73 Å². The van der Waals surface area contributed by atoms with Crippen molar-refractivity contribution in [2.75, 3.05) is 40.3 Å². The van der Waals surface area contributed by atoms with Crippen molar-refractivity contribution in [1.29, 1.82) is 5.41 Å². The Morgan fingerprint density at radius 3 is 2.58 bits per heavy atom. The summed E-state index contributed by atoms with van der Waals surface area (Å²) < 4.78 is 5.22. The molecule has 0 bridgehead atoms. The highest BCUT2D eigenvalue weighted by Crippen LogP contribution is 2.20. The van der Waals surface area contributed by atoms with E-state index in [-0.39, 0.29) is 5.84 Å². The fourth-order valence-electron chi connectivity index (χ4n) is 2.33. The molecule has 0 aromatic heterocycles. The van der Waals surface area contributed by atoms with Crippen LogP contribution in [-0.4, -0.2) is 56.0 Å². The van der Waals surface area contributed by atoms with E-state index in [1.807, 2.05) is 18.2 Å². The minimum atomic E-state index is 0.0528. The summed E-state index contributed by atoms with van der Waals surface area (Å²) in [6.07, 6.45) is 0. The molecule has 0 spiro atoms. The molecule has 5 heteroatoms. The summed E-state index contributed by atoms with van der Waals surface area (Å²) in [5, 5.41) is 7.60. The van der Waals surface area contributed by atoms with Crippen LogP contribution in [-0.2, 0) is 6.54 Å². The molecule has 1 heterocycles. The fourth-order valence-corrected chi connectivity index (χ4v) is 2.33. The predicted octanol–water partition coefficient (Wildman–Crippen LogP) is 0.727. The van der Waals surface area contributed by atoms with E-state index in [1.54, 1.807) is 7.11 Å². The number of nitrogens with zero attached hydrogens (tertiary/aromatic N) is 2. The lowest BCUT2D eigenvalue weighted by atomic mass is 10.1. The summed E-state index contributed by atoms with van der Waals surface area (Å²) in [7, 11) is 3.75. The summed E-state index contributed by atoms with van der Waals surface area (Å²) in [5.41, 5.74) is 7.44. The SMILES string of the molecule is COc1ccc(CN2CCN(C)CC2)cc1C(=N)N. The number of rotatable bonds is 4. The van der Waals surface area contributed by atoms with Crippen LogP contribution in [0, 0.1) is 5.41 Å². The molecule has 104 valence electrons. The molecule has 1 aromatic carbocycles. The number of likely N-dealkylation sites (N-methyl/N-ethyl adjacent to an activating group) is 1. The topological polar surface area (TPSA) is 65.6 Å². The van der Waals surface area contributed by atoms with Crippen LogP contribution in [0.15, 0.2) is 18.2 Å². The summed E-state index contributed by atoms with van der Waals surface area (Å²) in [5.74, 6) is 0.715. The zero-order valence-corrected chi connectivity index (χ0v) is 11.6. The van der Waals surface area contributed by atoms with Crippen LogP contribution in [0.2, 0.25) is 0 Å². The van der Waals surface area contributed by atoms with Crippen molar-refractivity contribution in [3.63, 3.8) is 0 Å². The number of methoxy groups -OCH3 is 1. The maximum Gasteiger partial charge on any atom is 0.129 e. The van der Waals surface area contributed by atoms with Gasteiger partial charge in [-0.2, -0.15) is 0 Å². The number of amidine groups is 1. The number of nitrogen functional groups attached to an aromatic ring is 1. The third kappa shape index (κ3) is 3.45. The fraction of sp³-hybridized carbons (Fsp3) is 0.500. The Balaban J connectivity index is 2.08. The zero-order valence-electron chi connectivity index (χ0n) is 11.6. The van der Waals surface area contributed by atoms with Gasteiger partial charge in [0.2, 0.25) is 0 Å². The van der Waals surface area contributed by atoms with Crippen molar-refractivity contribution in [3.05, 3.63) is 29.3 Å². The Bertz CT molecular complexity index is 453. The van der Waals surface area contributed by atoms with Gasteiger partial charge in [0, 0.05) is 32.7 Å². The molecule has 1 fully saturated rings. The van der Waals surface area contributed by atoms with Gasteiger partial charge >= 0.3 is 0 Å². The van der Waals surface area contributed by atoms with E-state index in [4.69, 9.17) is 15.9 Å². The molecule has 5 nitrogen and oxygen atoms in total. The molecule has 0 unspecified atom stereocenters. The van der Waals surface area contributed by atoms with E-state index >= 15 is 0 Å². The zero-order chi connectivity index (χ0) is 13.8. The monoisotopic (exact) mass is 262 g/mol. The number of piperazine rings is 1. The van der Waals surface area contributed by atoms with Crippen molar-refractivity contribution < 1.29 is 4.74 Å². The van der Waals surface area contributed by atoms with E-state index in [0.717, 1.165) is 32.7 Å². The maximum atomic E-state index is 7.60. The van der Waals surface area contributed by atoms with Crippen LogP contribution < -0.4 is 10.5 Å². The average molecular weight is 262 g/mol. The standard InChI is InChI=1S/C14H22N4O/c1-17-5-7-18(8-6-17)10-11-3-4-13(19-2)12(9-11)14(15)16/h3-4,9H,5-8,10H2,1-2H3,(H3,15,16). The van der Waals surface area contributed by atoms with Gasteiger partial charge in [-0.15, -0.1) is 0 Å². The number of ether oxygens (including phenoxy) is 1. The van der Waals surface area contributed by atoms with Crippen LogP contribution >= 0.6 is 0 Å². The molecule has 1 aliphatic heterocycles. The molecule has 1 aromatic rings. The molecule has 1 aliphatic rings. The van der Waals surface area contributed by atoms with Crippen molar-refractivity contribution in [3.8, 4) is 5.75 Å². The first-order valence-corrected chi connectivity index (χ1v) is 6.52. The third-order valence-corrected chi connectivity index (χ3v) is 3.56. The Kier molecular flexibility index (Phi) is 4.39. The largest absolute Gasteiger partial charge is 0.496 e. The van der Waals surface area contributed by atoms with Crippen LogP contribution in [0.1, 0.15) is 11.1 Å². The Morgan fingerprint density at radius 1 is 1.32 bits per heavy atom. The van der Waals surface area contributed by atoms with E-state index in [0.29, 0.717) is 11.3 Å². The number of benzene rings is 1. The lowest BCUT2D eigenvalue weighted by Gasteiger charge is -2.32. The van der Waals surface area contributed by atoms with Crippen LogP contribution in [0.4, 0.5) is 0 Å². The third-order valence-electron chi connectivity index (χ3n) is 3.56. The summed E-state index contributed by atoms with van der Waals surface area (Å²) in [4.78, 5) is 4.76. The highest BCUT2D eigenvalue weighted by atomic mass is 16.5. The van der Waals surface area contributed by atoms with Gasteiger partial charge in [-0.3, -0.25) is 10.3 Å². The van der Waals surface area contributed by atoms with E-state index in [9.17, 15) is 0 Å². The van der Waals surface area contributed by atoms with Gasteiger partial charge in [0.15, 0.2) is 0 Å². The number of nitrogens with two attached hydrogens (primary N) is 1. The smallest absolute Gasteiger partial charge is 0.129 e. The quantitative estimate of drug-likeness (QED) is 0.620. The van der Waals surface area contributed by atoms with Gasteiger partial charge in [-0.25, -0.2) is 0 Å². The highest BCUT2D eigenvalue weighted by molar-refractivity contribution is 5.97. The van der Waals surface area contributed by atoms with Crippen LogP contribution in [0.25, 0.3) is 0 Å². The number of hydrogen-bond acceptors (Lipinski definition) is 4. The van der Waals surface area contributed by atoms with Crippen LogP contribution in [0.5, 0.6) is 5.75 Å². The molecule has 0 amide bonds. The summed E-state index contributed by atoms with van der Waals surface area (Å²) >= 11 is 0. The Morgan fingerprint density at radius 2 is 2.00 bits per heavy atom. The first-order chi connectivity index (χ1) is 9.10. The lowest BCUT2D eigenvalue weighted by Crippen LogP contribution is -2.43. The van der Waals surface area contributed by atoms with E-state index in [1.165, 1.54) is 5.56 Å². The van der Waals surface area contributed by atoms with Gasteiger partial charge in [-0.1, -0.05) is 6.07 Å². The Hall–Kier alpha value is -1.59. The minimum Gasteiger partial charge on any atom is -0.496 e. The maximum absolute atomic E-state index is 7.60. The second-order valence-corrected chi connectivity index (χ2v) is 5.03. The second kappa shape index (κ2) is 6.04. The van der Waals surface area contributed by atoms with Crippen molar-refractivity contribution in [2.45, 2.75) is 6.54 Å². The molecule has 0 aliphatic carbocycles. The first-order valence-electron chi connectivity index (χ1n) is 6.52. The first kappa shape index (κ1) is 13.8. The average Bonchev–Trinajstić information content (AvgIpc) is 2.41. The van der Waals surface area contributed by atoms with Gasteiger partial charge in [0.25, 0.3) is 0 Å². The lowest BCUT2D eigenvalue weighted by molar-refractivity contribution is 0.148. The number of hydrogen-bond donors (Lipinski definition) is 2. The summed E-state index contributed by atoms with van der Waals surface area (Å²) in [6, 6.07) is 5.89. The highest BCUT2D eigenvalue weighted by Gasteiger charge is 2.15. The molecule has 0 radical (unpaired) electrons. The van der Waals surface area contributed by atoms with E-state index < -0.39 is 0 Å². The normalized spacial score (nSPS) is 17.4. The predicted molar refractivity (Wildman–Crippen MR) is 76.8 cm³/mol. The van der Waals surface area contributed by atoms with Gasteiger partial charge < -0.3 is 15.4 Å². The van der Waals surface area contributed by atoms with E-state index in [2.05, 4.69) is 16.8 Å². The molecule has 0 atom stereocenters. The van der Waals surface area contributed by atoms with Crippen LogP contribution in [0.3, 0.4) is 0 Å². The summed E-state index contributed by atoms with van der Waals surface area (Å²) in [6.45, 7) is 5.28. The molecule has 2 rings (SSSR count). The van der Waals surface area contributed by atoms with Crippen molar-refractivity contribution in [1.82, 2.24) is 9.80 Å². The van der Waals surface area contributed by atoms with Crippen molar-refractivity contribution >= 4 is 5.84 Å². The number of nitrogens with one attached hydrogen (secondary N) is 1. The molecular weight excluding hydrogens is 240 g/mol. The molecule has 3 N–H and O–H groups in total.